The van der Waals surface area contributed by atoms with Crippen molar-refractivity contribution in [1.29, 1.82) is 0 Å². The molecule has 0 spiro atoms. The number of nitrogens with zero attached hydrogens (tertiary/aromatic N) is 1. The number of nitro groups is 1. The smallest absolute Gasteiger partial charge is 0.236 e. The molecule has 0 radical (unpaired) electrons. The van der Waals surface area contributed by atoms with Gasteiger partial charge in [0, 0.05) is 18.8 Å². The predicted octanol–water partition coefficient (Wildman–Crippen LogP) is 3.03. The average Bonchev–Trinajstić information content (AvgIpc) is 2.28. The van der Waals surface area contributed by atoms with Crippen LogP contribution in [-0.2, 0) is 0 Å². The molecule has 0 aliphatic heterocycles. The summed E-state index contributed by atoms with van der Waals surface area (Å²) in [7, 11) is 1.56. The minimum Gasteiger partial charge on any atom is -0.497 e. The number of hydrogen-bond acceptors (Lipinski definition) is 3. The second kappa shape index (κ2) is 4.70. The quantitative estimate of drug-likeness (QED) is 0.464. The van der Waals surface area contributed by atoms with Crippen LogP contribution in [0.2, 0.25) is 0 Å². The number of alkyl halides is 1. The number of hydrogen-bond donors (Lipinski definition) is 0. The van der Waals surface area contributed by atoms with Crippen molar-refractivity contribution >= 4 is 11.6 Å². The first-order valence-corrected chi connectivity index (χ1v) is 5.25. The lowest BCUT2D eigenvalue weighted by Gasteiger charge is -2.21. The summed E-state index contributed by atoms with van der Waals surface area (Å²) in [5, 5.41) is 10.2. The highest BCUT2D eigenvalue weighted by molar-refractivity contribution is 6.21. The monoisotopic (exact) mass is 243 g/mol. The minimum atomic E-state index is -1.20. The van der Waals surface area contributed by atoms with Crippen LogP contribution in [-0.4, -0.2) is 17.6 Å². The van der Waals surface area contributed by atoms with E-state index >= 15 is 0 Å². The Morgan fingerprint density at radius 3 is 2.25 bits per heavy atom. The summed E-state index contributed by atoms with van der Waals surface area (Å²) in [4.78, 5) is 10.5. The van der Waals surface area contributed by atoms with Crippen molar-refractivity contribution in [3.05, 3.63) is 39.9 Å². The predicted molar refractivity (Wildman–Crippen MR) is 62.7 cm³/mol. The van der Waals surface area contributed by atoms with Gasteiger partial charge in [-0.3, -0.25) is 10.1 Å². The Kier molecular flexibility index (Phi) is 3.75. The Hall–Kier alpha value is -1.29. The zero-order chi connectivity index (χ0) is 12.3. The molecule has 0 aliphatic carbocycles. The van der Waals surface area contributed by atoms with Gasteiger partial charge in [0.2, 0.25) is 5.54 Å². The molecule has 0 aromatic heterocycles. The normalized spacial score (nSPS) is 13.2. The van der Waals surface area contributed by atoms with Gasteiger partial charge in [-0.25, -0.2) is 0 Å². The van der Waals surface area contributed by atoms with E-state index in [1.54, 1.807) is 31.4 Å². The largest absolute Gasteiger partial charge is 0.497 e. The summed E-state index contributed by atoms with van der Waals surface area (Å²) in [5.41, 5.74) is -0.486. The third-order valence-electron chi connectivity index (χ3n) is 2.50. The number of rotatable bonds is 4. The first kappa shape index (κ1) is 12.8. The molecule has 1 atom stereocenters. The van der Waals surface area contributed by atoms with E-state index < -0.39 is 10.9 Å². The Balaban J connectivity index is 2.96. The second-order valence-corrected chi connectivity index (χ2v) is 4.48. The lowest BCUT2D eigenvalue weighted by Crippen LogP contribution is -2.35. The van der Waals surface area contributed by atoms with Gasteiger partial charge in [0.25, 0.3) is 0 Å². The van der Waals surface area contributed by atoms with Crippen LogP contribution in [0.5, 0.6) is 5.75 Å². The Morgan fingerprint density at radius 1 is 1.38 bits per heavy atom. The zero-order valence-electron chi connectivity index (χ0n) is 9.44. The maximum absolute atomic E-state index is 10.9. The molecule has 88 valence electrons. The topological polar surface area (TPSA) is 52.4 Å². The number of benzene rings is 1. The van der Waals surface area contributed by atoms with E-state index in [2.05, 4.69) is 0 Å². The van der Waals surface area contributed by atoms with Crippen molar-refractivity contribution in [2.45, 2.75) is 24.8 Å². The fourth-order valence-corrected chi connectivity index (χ4v) is 1.50. The summed E-state index contributed by atoms with van der Waals surface area (Å²) >= 11 is 6.11. The molecule has 5 heteroatoms. The molecule has 1 aromatic rings. The maximum Gasteiger partial charge on any atom is 0.236 e. The Morgan fingerprint density at radius 2 is 1.88 bits per heavy atom. The van der Waals surface area contributed by atoms with Gasteiger partial charge in [0.15, 0.2) is 0 Å². The van der Waals surface area contributed by atoms with E-state index in [4.69, 9.17) is 16.3 Å². The number of methoxy groups -OCH3 is 1. The molecule has 0 amide bonds. The molecule has 0 fully saturated rings. The lowest BCUT2D eigenvalue weighted by atomic mass is 9.95. The van der Waals surface area contributed by atoms with Gasteiger partial charge < -0.3 is 4.74 Å². The molecular formula is C11H14ClNO3. The third-order valence-corrected chi connectivity index (χ3v) is 3.29. The highest BCUT2D eigenvalue weighted by Crippen LogP contribution is 2.34. The highest BCUT2D eigenvalue weighted by Gasteiger charge is 2.40. The molecule has 1 aromatic carbocycles. The van der Waals surface area contributed by atoms with E-state index in [1.165, 1.54) is 13.8 Å². The van der Waals surface area contributed by atoms with Gasteiger partial charge in [0.05, 0.1) is 7.11 Å². The summed E-state index contributed by atoms with van der Waals surface area (Å²) in [5.74, 6) is 0.700. The molecule has 0 aliphatic rings. The average molecular weight is 244 g/mol. The van der Waals surface area contributed by atoms with E-state index in [1.807, 2.05) is 0 Å². The molecule has 1 rings (SSSR count). The van der Waals surface area contributed by atoms with Gasteiger partial charge >= 0.3 is 0 Å². The van der Waals surface area contributed by atoms with Crippen LogP contribution < -0.4 is 4.74 Å². The van der Waals surface area contributed by atoms with Gasteiger partial charge in [-0.05, 0) is 17.7 Å². The molecular weight excluding hydrogens is 230 g/mol. The van der Waals surface area contributed by atoms with Crippen molar-refractivity contribution < 1.29 is 9.66 Å². The van der Waals surface area contributed by atoms with Gasteiger partial charge in [-0.2, -0.15) is 0 Å². The molecule has 0 saturated heterocycles. The summed E-state index contributed by atoms with van der Waals surface area (Å²) < 4.78 is 5.01. The molecule has 0 N–H and O–H groups in total. The van der Waals surface area contributed by atoms with Crippen molar-refractivity contribution in [3.8, 4) is 5.75 Å². The van der Waals surface area contributed by atoms with E-state index in [0.717, 1.165) is 0 Å². The van der Waals surface area contributed by atoms with E-state index in [0.29, 0.717) is 11.3 Å². The van der Waals surface area contributed by atoms with Gasteiger partial charge in [-0.1, -0.05) is 12.1 Å². The van der Waals surface area contributed by atoms with Crippen LogP contribution in [0.1, 0.15) is 24.8 Å². The van der Waals surface area contributed by atoms with Crippen LogP contribution in [0.15, 0.2) is 24.3 Å². The lowest BCUT2D eigenvalue weighted by molar-refractivity contribution is -0.561. The Bertz CT molecular complexity index is 375. The van der Waals surface area contributed by atoms with Gasteiger partial charge in [0.1, 0.15) is 11.1 Å². The van der Waals surface area contributed by atoms with Crippen LogP contribution >= 0.6 is 11.6 Å². The second-order valence-electron chi connectivity index (χ2n) is 4.05. The zero-order valence-corrected chi connectivity index (χ0v) is 10.2. The molecule has 0 saturated carbocycles. The van der Waals surface area contributed by atoms with Gasteiger partial charge in [-0.15, -0.1) is 11.6 Å². The van der Waals surface area contributed by atoms with Crippen molar-refractivity contribution in [2.24, 2.45) is 0 Å². The molecule has 16 heavy (non-hydrogen) atoms. The maximum atomic E-state index is 10.9. The van der Waals surface area contributed by atoms with Crippen LogP contribution in [0.25, 0.3) is 0 Å². The van der Waals surface area contributed by atoms with Crippen LogP contribution in [0.3, 0.4) is 0 Å². The fraction of sp³-hybridized carbons (Fsp3) is 0.455. The number of halogens is 1. The molecule has 0 bridgehead atoms. The first-order chi connectivity index (χ1) is 7.39. The van der Waals surface area contributed by atoms with Crippen molar-refractivity contribution in [3.63, 3.8) is 0 Å². The molecule has 1 unspecified atom stereocenters. The van der Waals surface area contributed by atoms with E-state index in [-0.39, 0.29) is 4.92 Å². The van der Waals surface area contributed by atoms with E-state index in [9.17, 15) is 10.1 Å². The number of ether oxygens (including phenoxy) is 1. The van der Waals surface area contributed by atoms with Crippen molar-refractivity contribution in [1.82, 2.24) is 0 Å². The summed E-state index contributed by atoms with van der Waals surface area (Å²) in [6, 6.07) is 6.95. The molecule has 0 heterocycles. The fourth-order valence-electron chi connectivity index (χ4n) is 1.27. The van der Waals surface area contributed by atoms with Crippen molar-refractivity contribution in [2.75, 3.05) is 7.11 Å². The first-order valence-electron chi connectivity index (χ1n) is 4.82. The highest BCUT2D eigenvalue weighted by atomic mass is 35.5. The summed E-state index contributed by atoms with van der Waals surface area (Å²) in [6.45, 7) is 3.02. The summed E-state index contributed by atoms with van der Waals surface area (Å²) in [6.07, 6.45) is 0. The molecule has 4 nitrogen and oxygen atoms in total. The Labute approximate surface area is 99.3 Å². The van der Waals surface area contributed by atoms with Crippen LogP contribution in [0.4, 0.5) is 0 Å². The SMILES string of the molecule is COc1ccc(C(Cl)C(C)(C)[N+](=O)[O-])cc1. The standard InChI is InChI=1S/C11H14ClNO3/c1-11(2,13(14)15)10(12)8-4-6-9(16-3)7-5-8/h4-7,10H,1-3H3. The minimum absolute atomic E-state index is 0.366. The third kappa shape index (κ3) is 2.44. The van der Waals surface area contributed by atoms with Crippen LogP contribution in [0, 0.1) is 10.1 Å².